The lowest BCUT2D eigenvalue weighted by molar-refractivity contribution is -0.00737. The number of rotatable bonds is 3. The van der Waals surface area contributed by atoms with E-state index in [0.717, 1.165) is 10.4 Å². The highest BCUT2D eigenvalue weighted by Crippen LogP contribution is 2.41. The molecule has 1 aromatic heterocycles. The number of aryl methyl sites for hydroxylation is 1. The van der Waals surface area contributed by atoms with Crippen molar-refractivity contribution >= 4 is 57.8 Å². The normalized spacial score (nSPS) is 20.0. The zero-order chi connectivity index (χ0) is 17.6. The fourth-order valence-electron chi connectivity index (χ4n) is 2.52. The maximum atomic E-state index is 11.2. The van der Waals surface area contributed by atoms with E-state index in [-0.39, 0.29) is 0 Å². The Labute approximate surface area is 157 Å². The topological polar surface area (TPSA) is 58.9 Å². The number of carbonyl (C=O) groups is 1. The molecule has 1 atom stereocenters. The highest BCUT2D eigenvalue weighted by molar-refractivity contribution is 7.16. The predicted molar refractivity (Wildman–Crippen MR) is 97.1 cm³/mol. The van der Waals surface area contributed by atoms with Crippen molar-refractivity contribution in [2.24, 2.45) is 5.16 Å². The van der Waals surface area contributed by atoms with E-state index in [2.05, 4.69) is 5.16 Å². The molecule has 126 valence electrons. The molecule has 0 fully saturated rings. The molecule has 8 heteroatoms. The maximum Gasteiger partial charge on any atom is 0.346 e. The van der Waals surface area contributed by atoms with Crippen molar-refractivity contribution in [1.82, 2.24) is 0 Å². The van der Waals surface area contributed by atoms with Crippen LogP contribution in [0.5, 0.6) is 0 Å². The van der Waals surface area contributed by atoms with E-state index in [9.17, 15) is 9.90 Å². The summed E-state index contributed by atoms with van der Waals surface area (Å²) in [5, 5.41) is 14.3. The highest BCUT2D eigenvalue weighted by Gasteiger charge is 2.38. The zero-order valence-electron chi connectivity index (χ0n) is 12.7. The number of aromatic carboxylic acids is 1. The van der Waals surface area contributed by atoms with Crippen molar-refractivity contribution in [3.8, 4) is 0 Å². The molecule has 0 radical (unpaired) electrons. The van der Waals surface area contributed by atoms with Gasteiger partial charge >= 0.3 is 5.97 Å². The summed E-state index contributed by atoms with van der Waals surface area (Å²) in [6, 6.07) is 5.22. The van der Waals surface area contributed by atoms with Crippen LogP contribution in [0.4, 0.5) is 0 Å². The molecule has 2 aromatic rings. The summed E-state index contributed by atoms with van der Waals surface area (Å²) < 4.78 is 0. The lowest BCUT2D eigenvalue weighted by atomic mass is 9.90. The monoisotopic (exact) mass is 403 g/mol. The van der Waals surface area contributed by atoms with Crippen molar-refractivity contribution in [2.75, 3.05) is 0 Å². The molecule has 1 aliphatic rings. The number of thiophene rings is 1. The summed E-state index contributed by atoms with van der Waals surface area (Å²) >= 11 is 19.4. The first kappa shape index (κ1) is 17.5. The molecule has 1 aromatic carbocycles. The van der Waals surface area contributed by atoms with Gasteiger partial charge in [0.25, 0.3) is 0 Å². The Kier molecular flexibility index (Phi) is 4.55. The number of carboxylic acids is 1. The number of hydrogen-bond acceptors (Lipinski definition) is 4. The van der Waals surface area contributed by atoms with Crippen LogP contribution in [0.3, 0.4) is 0 Å². The summed E-state index contributed by atoms with van der Waals surface area (Å²) in [7, 11) is 0. The van der Waals surface area contributed by atoms with E-state index in [4.69, 9.17) is 39.6 Å². The van der Waals surface area contributed by atoms with Crippen LogP contribution in [0.15, 0.2) is 23.4 Å². The van der Waals surface area contributed by atoms with Crippen LogP contribution < -0.4 is 0 Å². The lowest BCUT2D eigenvalue weighted by Gasteiger charge is -2.22. The van der Waals surface area contributed by atoms with Gasteiger partial charge in [-0.3, -0.25) is 0 Å². The Morgan fingerprint density at radius 2 is 1.92 bits per heavy atom. The Balaban J connectivity index is 1.91. The molecule has 0 spiro atoms. The smallest absolute Gasteiger partial charge is 0.346 e. The number of carboxylic acid groups (broad SMARTS) is 1. The van der Waals surface area contributed by atoms with Gasteiger partial charge in [0.15, 0.2) is 5.60 Å². The second-order valence-corrected chi connectivity index (χ2v) is 7.96. The van der Waals surface area contributed by atoms with Crippen LogP contribution in [0.2, 0.25) is 15.1 Å². The third-order valence-corrected chi connectivity index (χ3v) is 6.32. The largest absolute Gasteiger partial charge is 0.477 e. The number of hydrogen-bond donors (Lipinski definition) is 1. The third kappa shape index (κ3) is 3.02. The summed E-state index contributed by atoms with van der Waals surface area (Å²) in [5.74, 6) is -0.942. The van der Waals surface area contributed by atoms with Crippen LogP contribution >= 0.6 is 46.1 Å². The van der Waals surface area contributed by atoms with Crippen molar-refractivity contribution in [3.63, 3.8) is 0 Å². The van der Waals surface area contributed by atoms with Crippen molar-refractivity contribution < 1.29 is 14.7 Å². The summed E-state index contributed by atoms with van der Waals surface area (Å²) in [6.07, 6.45) is 0.473. The van der Waals surface area contributed by atoms with E-state index in [0.29, 0.717) is 37.6 Å². The molecule has 1 N–H and O–H groups in total. The van der Waals surface area contributed by atoms with Crippen LogP contribution in [-0.4, -0.2) is 16.8 Å². The molecule has 0 aliphatic carbocycles. The fraction of sp³-hybridized carbons (Fsp3) is 0.250. The molecular formula is C16H12Cl3NO3S. The first-order valence-electron chi connectivity index (χ1n) is 6.95. The van der Waals surface area contributed by atoms with Gasteiger partial charge in [-0.2, -0.15) is 0 Å². The van der Waals surface area contributed by atoms with E-state index < -0.39 is 11.6 Å². The van der Waals surface area contributed by atoms with E-state index >= 15 is 0 Å². The average Bonchev–Trinajstić information content (AvgIpc) is 3.08. The molecule has 0 unspecified atom stereocenters. The minimum absolute atomic E-state index is 0.296. The Hall–Kier alpha value is -1.27. The highest BCUT2D eigenvalue weighted by atomic mass is 35.5. The van der Waals surface area contributed by atoms with Gasteiger partial charge in [-0.15, -0.1) is 11.3 Å². The Morgan fingerprint density at radius 1 is 1.29 bits per heavy atom. The number of nitrogens with zero attached hydrogens (tertiary/aromatic N) is 1. The van der Waals surface area contributed by atoms with Crippen LogP contribution in [0.1, 0.15) is 39.0 Å². The van der Waals surface area contributed by atoms with Crippen molar-refractivity contribution in [3.05, 3.63) is 54.1 Å². The maximum absolute atomic E-state index is 11.2. The minimum atomic E-state index is -0.942. The molecular weight excluding hydrogens is 393 g/mol. The number of halogens is 3. The third-order valence-electron chi connectivity index (χ3n) is 3.85. The second-order valence-electron chi connectivity index (χ2n) is 5.72. The average molecular weight is 405 g/mol. The van der Waals surface area contributed by atoms with Crippen LogP contribution in [0, 0.1) is 6.92 Å². The summed E-state index contributed by atoms with van der Waals surface area (Å²) in [4.78, 5) is 17.9. The quantitative estimate of drug-likeness (QED) is 0.662. The van der Waals surface area contributed by atoms with Gasteiger partial charge in [-0.1, -0.05) is 40.0 Å². The SMILES string of the molecule is Cc1cc(C2=NO[C@](C)(c3cc(Cl)c(Cl)c(Cl)c3)C2)sc1C(=O)O. The molecule has 2 heterocycles. The second kappa shape index (κ2) is 6.23. The van der Waals surface area contributed by atoms with Gasteiger partial charge in [-0.25, -0.2) is 4.79 Å². The molecule has 0 amide bonds. The first-order chi connectivity index (χ1) is 11.2. The molecule has 3 rings (SSSR count). The van der Waals surface area contributed by atoms with E-state index in [1.54, 1.807) is 19.1 Å². The Bertz CT molecular complexity index is 854. The fourth-order valence-corrected chi connectivity index (χ4v) is 4.11. The summed E-state index contributed by atoms with van der Waals surface area (Å²) in [5.41, 5.74) is 1.41. The van der Waals surface area contributed by atoms with Crippen LogP contribution in [0.25, 0.3) is 0 Å². The van der Waals surface area contributed by atoms with Gasteiger partial charge in [0.05, 0.1) is 19.9 Å². The molecule has 4 nitrogen and oxygen atoms in total. The first-order valence-corrected chi connectivity index (χ1v) is 8.90. The number of benzene rings is 1. The number of oxime groups is 1. The molecule has 0 bridgehead atoms. The standard InChI is InChI=1S/C16H12Cl3NO3S/c1-7-3-12(24-14(7)15(21)22)11-6-16(2,23-20-11)8-4-9(17)13(19)10(18)5-8/h3-5H,6H2,1-2H3,(H,21,22)/t16-/m0/s1. The van der Waals surface area contributed by atoms with Gasteiger partial charge in [0, 0.05) is 12.0 Å². The van der Waals surface area contributed by atoms with Crippen LogP contribution in [-0.2, 0) is 10.4 Å². The predicted octanol–water partition coefficient (Wildman–Crippen LogP) is 5.75. The molecule has 0 saturated carbocycles. The molecule has 0 saturated heterocycles. The van der Waals surface area contributed by atoms with E-state index in [1.807, 2.05) is 13.0 Å². The van der Waals surface area contributed by atoms with E-state index in [1.165, 1.54) is 11.3 Å². The van der Waals surface area contributed by atoms with Gasteiger partial charge in [-0.05, 0) is 37.6 Å². The van der Waals surface area contributed by atoms with Gasteiger partial charge < -0.3 is 9.94 Å². The molecule has 1 aliphatic heterocycles. The van der Waals surface area contributed by atoms with Gasteiger partial charge in [0.1, 0.15) is 10.6 Å². The zero-order valence-corrected chi connectivity index (χ0v) is 15.8. The van der Waals surface area contributed by atoms with Crippen molar-refractivity contribution in [1.29, 1.82) is 0 Å². The lowest BCUT2D eigenvalue weighted by Crippen LogP contribution is -2.22. The summed E-state index contributed by atoms with van der Waals surface area (Å²) in [6.45, 7) is 3.63. The Morgan fingerprint density at radius 3 is 2.46 bits per heavy atom. The van der Waals surface area contributed by atoms with Gasteiger partial charge in [0.2, 0.25) is 0 Å². The van der Waals surface area contributed by atoms with Crippen molar-refractivity contribution in [2.45, 2.75) is 25.9 Å². The molecule has 24 heavy (non-hydrogen) atoms. The minimum Gasteiger partial charge on any atom is -0.477 e.